The highest BCUT2D eigenvalue weighted by atomic mass is 19.1. The second kappa shape index (κ2) is 7.60. The molecule has 1 aromatic carbocycles. The van der Waals surface area contributed by atoms with Crippen LogP contribution in [0.25, 0.3) is 6.08 Å². The fourth-order valence-corrected chi connectivity index (χ4v) is 3.46. The molecule has 5 heteroatoms. The van der Waals surface area contributed by atoms with Crippen molar-refractivity contribution in [1.29, 1.82) is 0 Å². The Morgan fingerprint density at radius 2 is 1.71 bits per heavy atom. The van der Waals surface area contributed by atoms with Crippen LogP contribution in [-0.4, -0.2) is 47.8 Å². The van der Waals surface area contributed by atoms with Gasteiger partial charge in [-0.3, -0.25) is 9.59 Å². The standard InChI is InChI=1S/C19H23FN2O2/c20-17-7-3-4-15(14-17)8-9-18(23)21-10-12-22(13-11-21)19(24)16-5-1-2-6-16/h3-4,7-9,14,16H,1-2,5-6,10-13H2/b9-8+. The van der Waals surface area contributed by atoms with Crippen LogP contribution in [-0.2, 0) is 9.59 Å². The summed E-state index contributed by atoms with van der Waals surface area (Å²) < 4.78 is 13.1. The minimum atomic E-state index is -0.316. The van der Waals surface area contributed by atoms with E-state index in [9.17, 15) is 14.0 Å². The molecule has 2 amide bonds. The Balaban J connectivity index is 1.50. The number of hydrogen-bond donors (Lipinski definition) is 0. The van der Waals surface area contributed by atoms with Gasteiger partial charge in [-0.25, -0.2) is 4.39 Å². The molecule has 1 aliphatic heterocycles. The zero-order valence-electron chi connectivity index (χ0n) is 13.8. The van der Waals surface area contributed by atoms with Crippen LogP contribution in [0.2, 0.25) is 0 Å². The van der Waals surface area contributed by atoms with Crippen LogP contribution in [0.5, 0.6) is 0 Å². The lowest BCUT2D eigenvalue weighted by molar-refractivity contribution is -0.140. The molecule has 1 heterocycles. The average Bonchev–Trinajstić information content (AvgIpc) is 3.14. The molecule has 1 saturated heterocycles. The number of piperazine rings is 1. The van der Waals surface area contributed by atoms with E-state index < -0.39 is 0 Å². The summed E-state index contributed by atoms with van der Waals surface area (Å²) in [4.78, 5) is 28.3. The van der Waals surface area contributed by atoms with Gasteiger partial charge in [0, 0.05) is 38.2 Å². The number of carbonyl (C=O) groups excluding carboxylic acids is 2. The highest BCUT2D eigenvalue weighted by Gasteiger charge is 2.29. The van der Waals surface area contributed by atoms with Crippen LogP contribution in [0.3, 0.4) is 0 Å². The van der Waals surface area contributed by atoms with Gasteiger partial charge >= 0.3 is 0 Å². The van der Waals surface area contributed by atoms with Gasteiger partial charge in [-0.1, -0.05) is 25.0 Å². The van der Waals surface area contributed by atoms with Gasteiger partial charge in [0.15, 0.2) is 0 Å². The van der Waals surface area contributed by atoms with Crippen LogP contribution in [0.1, 0.15) is 31.2 Å². The highest BCUT2D eigenvalue weighted by molar-refractivity contribution is 5.92. The van der Waals surface area contributed by atoms with E-state index in [0.717, 1.165) is 25.7 Å². The number of hydrogen-bond acceptors (Lipinski definition) is 2. The monoisotopic (exact) mass is 330 g/mol. The summed E-state index contributed by atoms with van der Waals surface area (Å²) in [6.07, 6.45) is 7.42. The summed E-state index contributed by atoms with van der Waals surface area (Å²) in [5.41, 5.74) is 0.665. The van der Waals surface area contributed by atoms with Crippen molar-refractivity contribution in [3.05, 3.63) is 41.7 Å². The number of rotatable bonds is 3. The first-order chi connectivity index (χ1) is 11.6. The van der Waals surface area contributed by atoms with Gasteiger partial charge in [-0.15, -0.1) is 0 Å². The van der Waals surface area contributed by atoms with Gasteiger partial charge < -0.3 is 9.80 Å². The van der Waals surface area contributed by atoms with Crippen molar-refractivity contribution in [2.24, 2.45) is 5.92 Å². The maximum atomic E-state index is 13.1. The van der Waals surface area contributed by atoms with E-state index in [0.29, 0.717) is 31.7 Å². The third-order valence-electron chi connectivity index (χ3n) is 4.87. The topological polar surface area (TPSA) is 40.6 Å². The molecule has 1 saturated carbocycles. The van der Waals surface area contributed by atoms with Crippen molar-refractivity contribution in [2.45, 2.75) is 25.7 Å². The van der Waals surface area contributed by atoms with Gasteiger partial charge in [0.25, 0.3) is 0 Å². The molecule has 24 heavy (non-hydrogen) atoms. The van der Waals surface area contributed by atoms with E-state index in [-0.39, 0.29) is 23.5 Å². The number of benzene rings is 1. The molecule has 0 aromatic heterocycles. The number of nitrogens with zero attached hydrogens (tertiary/aromatic N) is 2. The first-order valence-corrected chi connectivity index (χ1v) is 8.65. The van der Waals surface area contributed by atoms with E-state index in [1.54, 1.807) is 23.1 Å². The van der Waals surface area contributed by atoms with Crippen molar-refractivity contribution in [2.75, 3.05) is 26.2 Å². The maximum absolute atomic E-state index is 13.1. The van der Waals surface area contributed by atoms with E-state index in [2.05, 4.69) is 0 Å². The molecular formula is C19H23FN2O2. The Hall–Kier alpha value is -2.17. The number of carbonyl (C=O) groups is 2. The van der Waals surface area contributed by atoms with Gasteiger partial charge in [-0.2, -0.15) is 0 Å². The lowest BCUT2D eigenvalue weighted by Crippen LogP contribution is -2.51. The van der Waals surface area contributed by atoms with Gasteiger partial charge in [0.05, 0.1) is 0 Å². The van der Waals surface area contributed by atoms with E-state index in [1.165, 1.54) is 18.2 Å². The van der Waals surface area contributed by atoms with Crippen LogP contribution in [0.4, 0.5) is 4.39 Å². The highest BCUT2D eigenvalue weighted by Crippen LogP contribution is 2.26. The fourth-order valence-electron chi connectivity index (χ4n) is 3.46. The molecule has 1 aromatic rings. The molecule has 0 bridgehead atoms. The molecule has 2 aliphatic rings. The molecular weight excluding hydrogens is 307 g/mol. The molecule has 0 N–H and O–H groups in total. The predicted molar refractivity (Wildman–Crippen MR) is 90.6 cm³/mol. The first kappa shape index (κ1) is 16.7. The summed E-state index contributed by atoms with van der Waals surface area (Å²) >= 11 is 0. The van der Waals surface area contributed by atoms with Crippen molar-refractivity contribution in [3.63, 3.8) is 0 Å². The number of halogens is 1. The molecule has 0 atom stereocenters. The second-order valence-electron chi connectivity index (χ2n) is 6.52. The summed E-state index contributed by atoms with van der Waals surface area (Å²) in [5.74, 6) is 0.0471. The van der Waals surface area contributed by atoms with Crippen molar-refractivity contribution in [1.82, 2.24) is 9.80 Å². The van der Waals surface area contributed by atoms with Crippen LogP contribution < -0.4 is 0 Å². The largest absolute Gasteiger partial charge is 0.339 e. The van der Waals surface area contributed by atoms with Crippen LogP contribution >= 0.6 is 0 Å². The SMILES string of the molecule is O=C(/C=C/c1cccc(F)c1)N1CCN(C(=O)C2CCCC2)CC1. The molecule has 128 valence electrons. The maximum Gasteiger partial charge on any atom is 0.246 e. The quantitative estimate of drug-likeness (QED) is 0.800. The molecule has 3 rings (SSSR count). The molecule has 4 nitrogen and oxygen atoms in total. The number of amides is 2. The zero-order valence-corrected chi connectivity index (χ0v) is 13.8. The Kier molecular flexibility index (Phi) is 5.28. The summed E-state index contributed by atoms with van der Waals surface area (Å²) in [6.45, 7) is 2.33. The third-order valence-corrected chi connectivity index (χ3v) is 4.87. The minimum Gasteiger partial charge on any atom is -0.339 e. The van der Waals surface area contributed by atoms with E-state index in [4.69, 9.17) is 0 Å². The van der Waals surface area contributed by atoms with E-state index in [1.807, 2.05) is 4.90 Å². The molecule has 1 aliphatic carbocycles. The van der Waals surface area contributed by atoms with Crippen molar-refractivity contribution in [3.8, 4) is 0 Å². The Labute approximate surface area is 141 Å². The summed E-state index contributed by atoms with van der Waals surface area (Å²) in [5, 5.41) is 0. The summed E-state index contributed by atoms with van der Waals surface area (Å²) in [6, 6.07) is 6.14. The molecule has 2 fully saturated rings. The van der Waals surface area contributed by atoms with E-state index >= 15 is 0 Å². The molecule has 0 spiro atoms. The summed E-state index contributed by atoms with van der Waals surface area (Å²) in [7, 11) is 0. The van der Waals surface area contributed by atoms with Crippen molar-refractivity contribution < 1.29 is 14.0 Å². The minimum absolute atomic E-state index is 0.0905. The lowest BCUT2D eigenvalue weighted by Gasteiger charge is -2.35. The average molecular weight is 330 g/mol. The van der Waals surface area contributed by atoms with Crippen molar-refractivity contribution >= 4 is 17.9 Å². The van der Waals surface area contributed by atoms with Gasteiger partial charge in [-0.05, 0) is 36.6 Å². The Morgan fingerprint density at radius 3 is 2.38 bits per heavy atom. The molecule has 0 radical (unpaired) electrons. The van der Waals surface area contributed by atoms with Gasteiger partial charge in [0.1, 0.15) is 5.82 Å². The lowest BCUT2D eigenvalue weighted by atomic mass is 10.1. The smallest absolute Gasteiger partial charge is 0.246 e. The first-order valence-electron chi connectivity index (χ1n) is 8.65. The van der Waals surface area contributed by atoms with Gasteiger partial charge in [0.2, 0.25) is 11.8 Å². The zero-order chi connectivity index (χ0) is 16.9. The molecule has 0 unspecified atom stereocenters. The Morgan fingerprint density at radius 1 is 1.04 bits per heavy atom. The predicted octanol–water partition coefficient (Wildman–Crippen LogP) is 2.70. The Bertz CT molecular complexity index is 630. The second-order valence-corrected chi connectivity index (χ2v) is 6.52. The third kappa shape index (κ3) is 4.02. The normalized spacial score (nSPS) is 19.2. The van der Waals surface area contributed by atoms with Crippen LogP contribution in [0.15, 0.2) is 30.3 Å². The van der Waals surface area contributed by atoms with Crippen LogP contribution in [0, 0.1) is 11.7 Å². The fraction of sp³-hybridized carbons (Fsp3) is 0.474.